The van der Waals surface area contributed by atoms with Crippen LogP contribution in [-0.4, -0.2) is 51.0 Å². The summed E-state index contributed by atoms with van der Waals surface area (Å²) in [5.41, 5.74) is 1.65. The van der Waals surface area contributed by atoms with Crippen molar-refractivity contribution in [2.75, 3.05) is 23.8 Å². The van der Waals surface area contributed by atoms with E-state index in [1.165, 1.54) is 5.75 Å². The van der Waals surface area contributed by atoms with Crippen LogP contribution in [0.1, 0.15) is 32.1 Å². The molecule has 0 saturated carbocycles. The van der Waals surface area contributed by atoms with Gasteiger partial charge >= 0.3 is 5.97 Å². The molecule has 2 heterocycles. The molecule has 0 aliphatic carbocycles. The first kappa shape index (κ1) is 15.3. The number of hydrogen-bond acceptors (Lipinski definition) is 4. The number of nitrogens with one attached hydrogen (secondary N) is 2. The first-order valence-corrected chi connectivity index (χ1v) is 8.61. The van der Waals surface area contributed by atoms with Gasteiger partial charge in [0.05, 0.1) is 5.56 Å². The van der Waals surface area contributed by atoms with Gasteiger partial charge < -0.3 is 15.4 Å². The molecular weight excluding hydrogens is 296 g/mol. The van der Waals surface area contributed by atoms with Crippen LogP contribution in [0.5, 0.6) is 0 Å². The molecular formula is C13H18N2O3S2. The number of carbonyl (C=O) groups excluding carboxylic acids is 1. The molecule has 2 rings (SSSR count). The SMILES string of the molecule is Cc1[nH]c(C(=O)O)c(C)c1C(=O)NCC1CSCCS1. The van der Waals surface area contributed by atoms with Gasteiger partial charge in [-0.1, -0.05) is 0 Å². The van der Waals surface area contributed by atoms with Gasteiger partial charge in [-0.05, 0) is 19.4 Å². The molecule has 1 fully saturated rings. The van der Waals surface area contributed by atoms with E-state index in [0.717, 1.165) is 11.5 Å². The molecule has 1 unspecified atom stereocenters. The van der Waals surface area contributed by atoms with Crippen molar-refractivity contribution >= 4 is 35.4 Å². The van der Waals surface area contributed by atoms with Crippen LogP contribution < -0.4 is 5.32 Å². The Bertz CT molecular complexity index is 522. The number of thioether (sulfide) groups is 2. The van der Waals surface area contributed by atoms with Gasteiger partial charge in [0.2, 0.25) is 0 Å². The molecule has 1 atom stereocenters. The summed E-state index contributed by atoms with van der Waals surface area (Å²) in [5, 5.41) is 12.4. The second kappa shape index (κ2) is 6.58. The zero-order valence-corrected chi connectivity index (χ0v) is 13.1. The Morgan fingerprint density at radius 3 is 2.70 bits per heavy atom. The third kappa shape index (κ3) is 3.32. The molecule has 1 aliphatic rings. The Morgan fingerprint density at radius 1 is 1.40 bits per heavy atom. The zero-order valence-electron chi connectivity index (χ0n) is 11.5. The Labute approximate surface area is 126 Å². The van der Waals surface area contributed by atoms with Crippen molar-refractivity contribution in [2.24, 2.45) is 0 Å². The largest absolute Gasteiger partial charge is 0.477 e. The number of amides is 1. The Balaban J connectivity index is 2.03. The van der Waals surface area contributed by atoms with Gasteiger partial charge in [0.1, 0.15) is 5.69 Å². The van der Waals surface area contributed by atoms with Crippen LogP contribution in [-0.2, 0) is 0 Å². The minimum Gasteiger partial charge on any atom is -0.477 e. The first-order valence-electron chi connectivity index (χ1n) is 6.40. The lowest BCUT2D eigenvalue weighted by molar-refractivity contribution is 0.0690. The summed E-state index contributed by atoms with van der Waals surface area (Å²) in [5.74, 6) is 2.11. The highest BCUT2D eigenvalue weighted by Crippen LogP contribution is 2.23. The van der Waals surface area contributed by atoms with Crippen LogP contribution in [0.25, 0.3) is 0 Å². The smallest absolute Gasteiger partial charge is 0.352 e. The molecule has 1 amide bonds. The third-order valence-corrected chi connectivity index (χ3v) is 6.10. The number of aromatic carboxylic acids is 1. The monoisotopic (exact) mass is 314 g/mol. The number of aryl methyl sites for hydroxylation is 1. The molecule has 0 bridgehead atoms. The summed E-state index contributed by atoms with van der Waals surface area (Å²) in [7, 11) is 0. The highest BCUT2D eigenvalue weighted by molar-refractivity contribution is 8.06. The number of aromatic amines is 1. The molecule has 1 aromatic heterocycles. The predicted molar refractivity (Wildman–Crippen MR) is 83.1 cm³/mol. The van der Waals surface area contributed by atoms with E-state index in [1.807, 2.05) is 23.5 Å². The fourth-order valence-corrected chi connectivity index (χ4v) is 4.87. The fourth-order valence-electron chi connectivity index (χ4n) is 2.25. The van der Waals surface area contributed by atoms with Crippen molar-refractivity contribution in [2.45, 2.75) is 19.1 Å². The molecule has 0 radical (unpaired) electrons. The Hall–Kier alpha value is -1.08. The lowest BCUT2D eigenvalue weighted by Gasteiger charge is -2.21. The lowest BCUT2D eigenvalue weighted by atomic mass is 10.1. The van der Waals surface area contributed by atoms with E-state index in [1.54, 1.807) is 13.8 Å². The molecule has 0 spiro atoms. The number of carbonyl (C=O) groups is 2. The van der Waals surface area contributed by atoms with E-state index >= 15 is 0 Å². The predicted octanol–water partition coefficient (Wildman–Crippen LogP) is 1.91. The maximum Gasteiger partial charge on any atom is 0.352 e. The maximum absolute atomic E-state index is 12.2. The van der Waals surface area contributed by atoms with Crippen LogP contribution >= 0.6 is 23.5 Å². The molecule has 110 valence electrons. The number of carboxylic acid groups (broad SMARTS) is 1. The third-order valence-electron chi connectivity index (χ3n) is 3.25. The minimum absolute atomic E-state index is 0.0928. The van der Waals surface area contributed by atoms with Gasteiger partial charge in [0.15, 0.2) is 0 Å². The minimum atomic E-state index is -1.04. The molecule has 1 aliphatic heterocycles. The van der Waals surface area contributed by atoms with E-state index in [2.05, 4.69) is 10.3 Å². The molecule has 7 heteroatoms. The highest BCUT2D eigenvalue weighted by Gasteiger charge is 2.22. The van der Waals surface area contributed by atoms with Crippen molar-refractivity contribution in [1.82, 2.24) is 10.3 Å². The number of H-pyrrole nitrogens is 1. The van der Waals surface area contributed by atoms with Gasteiger partial charge in [-0.25, -0.2) is 4.79 Å². The summed E-state index contributed by atoms with van der Waals surface area (Å²) in [4.78, 5) is 26.0. The second-order valence-electron chi connectivity index (χ2n) is 4.71. The van der Waals surface area contributed by atoms with Crippen LogP contribution in [0.3, 0.4) is 0 Å². The molecule has 1 saturated heterocycles. The van der Waals surface area contributed by atoms with Crippen molar-refractivity contribution in [3.63, 3.8) is 0 Å². The Kier molecular flexibility index (Phi) is 5.04. The molecule has 1 aromatic rings. The standard InChI is InChI=1S/C13H18N2O3S2/c1-7-10(8(2)15-11(7)13(17)18)12(16)14-5-9-6-19-3-4-20-9/h9,15H,3-6H2,1-2H3,(H,14,16)(H,17,18). The van der Waals surface area contributed by atoms with E-state index < -0.39 is 5.97 Å². The van der Waals surface area contributed by atoms with Gasteiger partial charge in [-0.3, -0.25) is 4.79 Å². The summed E-state index contributed by atoms with van der Waals surface area (Å²) in [6.45, 7) is 4.01. The van der Waals surface area contributed by atoms with E-state index in [9.17, 15) is 9.59 Å². The summed E-state index contributed by atoms with van der Waals surface area (Å²) in [6, 6.07) is 0. The summed E-state index contributed by atoms with van der Waals surface area (Å²) in [6.07, 6.45) is 0. The van der Waals surface area contributed by atoms with Gasteiger partial charge in [-0.2, -0.15) is 23.5 Å². The van der Waals surface area contributed by atoms with Crippen molar-refractivity contribution < 1.29 is 14.7 Å². The second-order valence-corrected chi connectivity index (χ2v) is 7.27. The average molecular weight is 314 g/mol. The molecule has 3 N–H and O–H groups in total. The molecule has 5 nitrogen and oxygen atoms in total. The van der Waals surface area contributed by atoms with Gasteiger partial charge in [-0.15, -0.1) is 0 Å². The number of rotatable bonds is 4. The van der Waals surface area contributed by atoms with Gasteiger partial charge in [0.25, 0.3) is 5.91 Å². The van der Waals surface area contributed by atoms with Crippen molar-refractivity contribution in [3.8, 4) is 0 Å². The summed E-state index contributed by atoms with van der Waals surface area (Å²) < 4.78 is 0. The van der Waals surface area contributed by atoms with Crippen molar-refractivity contribution in [1.29, 1.82) is 0 Å². The number of carboxylic acids is 1. The molecule has 20 heavy (non-hydrogen) atoms. The Morgan fingerprint density at radius 2 is 2.15 bits per heavy atom. The van der Waals surface area contributed by atoms with Crippen LogP contribution in [0.4, 0.5) is 0 Å². The van der Waals surface area contributed by atoms with Crippen molar-refractivity contribution in [3.05, 3.63) is 22.5 Å². The lowest BCUT2D eigenvalue weighted by Crippen LogP contribution is -2.33. The van der Waals surface area contributed by atoms with Crippen LogP contribution in [0.2, 0.25) is 0 Å². The summed E-state index contributed by atoms with van der Waals surface area (Å²) >= 11 is 3.79. The average Bonchev–Trinajstić information content (AvgIpc) is 2.73. The maximum atomic E-state index is 12.2. The zero-order chi connectivity index (χ0) is 14.7. The first-order chi connectivity index (χ1) is 9.50. The topological polar surface area (TPSA) is 82.2 Å². The number of aromatic nitrogens is 1. The highest BCUT2D eigenvalue weighted by atomic mass is 32.2. The number of hydrogen-bond donors (Lipinski definition) is 3. The quantitative estimate of drug-likeness (QED) is 0.791. The van der Waals surface area contributed by atoms with E-state index in [-0.39, 0.29) is 11.6 Å². The van der Waals surface area contributed by atoms with E-state index in [0.29, 0.717) is 28.6 Å². The molecule has 0 aromatic carbocycles. The van der Waals surface area contributed by atoms with Crippen LogP contribution in [0, 0.1) is 13.8 Å². The van der Waals surface area contributed by atoms with Crippen LogP contribution in [0.15, 0.2) is 0 Å². The normalized spacial score (nSPS) is 18.8. The fraction of sp³-hybridized carbons (Fsp3) is 0.538. The van der Waals surface area contributed by atoms with E-state index in [4.69, 9.17) is 5.11 Å². The van der Waals surface area contributed by atoms with Gasteiger partial charge in [0, 0.05) is 34.7 Å².